The zero-order valence-corrected chi connectivity index (χ0v) is 12.1. The van der Waals surface area contributed by atoms with Crippen LogP contribution in [0.2, 0.25) is 0 Å². The summed E-state index contributed by atoms with van der Waals surface area (Å²) in [5, 5.41) is 2.95. The topological polar surface area (TPSA) is 70.2 Å². The number of aromatic amines is 1. The summed E-state index contributed by atoms with van der Waals surface area (Å²) >= 11 is 0. The summed E-state index contributed by atoms with van der Waals surface area (Å²) in [5.74, 6) is -0.0596. The van der Waals surface area contributed by atoms with Crippen LogP contribution in [0.15, 0.2) is 24.5 Å². The van der Waals surface area contributed by atoms with Gasteiger partial charge in [-0.15, -0.1) is 0 Å². The smallest absolute Gasteiger partial charge is 0.251 e. The third-order valence-electron chi connectivity index (χ3n) is 3.78. The second-order valence-electron chi connectivity index (χ2n) is 5.43. The predicted octanol–water partition coefficient (Wildman–Crippen LogP) is 1.01. The molecule has 3 rings (SSSR count). The quantitative estimate of drug-likeness (QED) is 0.881. The molecule has 1 aromatic carbocycles. The first-order chi connectivity index (χ1) is 10.2. The number of carbonyl (C=O) groups excluding carboxylic acids is 1. The second-order valence-corrected chi connectivity index (χ2v) is 5.43. The number of imidazole rings is 1. The van der Waals surface area contributed by atoms with Crippen molar-refractivity contribution < 1.29 is 9.53 Å². The lowest BCUT2D eigenvalue weighted by molar-refractivity contribution is -0.0226. The number of H-pyrrole nitrogens is 1. The van der Waals surface area contributed by atoms with Crippen molar-refractivity contribution in [1.29, 1.82) is 0 Å². The first-order valence-electron chi connectivity index (χ1n) is 7.24. The lowest BCUT2D eigenvalue weighted by Crippen LogP contribution is -2.41. The Hall–Kier alpha value is -1.92. The number of nitrogens with zero attached hydrogens (tertiary/aromatic N) is 2. The van der Waals surface area contributed by atoms with Gasteiger partial charge in [0, 0.05) is 25.2 Å². The zero-order valence-electron chi connectivity index (χ0n) is 12.1. The van der Waals surface area contributed by atoms with Crippen molar-refractivity contribution in [3.05, 3.63) is 30.1 Å². The summed E-state index contributed by atoms with van der Waals surface area (Å²) < 4.78 is 5.68. The SMILES string of the molecule is CN1CCOC(CCNC(=O)c2ccc3nc[nH]c3c2)C1. The maximum absolute atomic E-state index is 12.1. The highest BCUT2D eigenvalue weighted by Gasteiger charge is 2.17. The van der Waals surface area contributed by atoms with Gasteiger partial charge in [-0.2, -0.15) is 0 Å². The first kappa shape index (κ1) is 14.0. The maximum Gasteiger partial charge on any atom is 0.251 e. The molecule has 1 saturated heterocycles. The molecule has 6 heteroatoms. The molecule has 0 spiro atoms. The van der Waals surface area contributed by atoms with E-state index < -0.39 is 0 Å². The molecule has 1 atom stereocenters. The van der Waals surface area contributed by atoms with Crippen LogP contribution in [-0.2, 0) is 4.74 Å². The number of ether oxygens (including phenoxy) is 1. The molecule has 2 aromatic rings. The standard InChI is InChI=1S/C15H20N4O2/c1-19-6-7-21-12(9-19)4-5-16-15(20)11-2-3-13-14(8-11)18-10-17-13/h2-3,8,10,12H,4-7,9H2,1H3,(H,16,20)(H,17,18). The Bertz CT molecular complexity index is 625. The highest BCUT2D eigenvalue weighted by atomic mass is 16.5. The molecule has 2 heterocycles. The van der Waals surface area contributed by atoms with Crippen LogP contribution in [0.3, 0.4) is 0 Å². The molecule has 112 valence electrons. The summed E-state index contributed by atoms with van der Waals surface area (Å²) in [6.07, 6.45) is 2.67. The lowest BCUT2D eigenvalue weighted by atomic mass is 10.1. The fourth-order valence-corrected chi connectivity index (χ4v) is 2.57. The van der Waals surface area contributed by atoms with Crippen LogP contribution in [0, 0.1) is 0 Å². The van der Waals surface area contributed by atoms with Gasteiger partial charge in [-0.25, -0.2) is 4.98 Å². The van der Waals surface area contributed by atoms with E-state index in [2.05, 4.69) is 27.2 Å². The van der Waals surface area contributed by atoms with Crippen LogP contribution in [0.25, 0.3) is 11.0 Å². The highest BCUT2D eigenvalue weighted by Crippen LogP contribution is 2.11. The summed E-state index contributed by atoms with van der Waals surface area (Å²) in [4.78, 5) is 21.5. The number of morpholine rings is 1. The molecule has 2 N–H and O–H groups in total. The molecule has 0 aliphatic carbocycles. The Labute approximate surface area is 123 Å². The van der Waals surface area contributed by atoms with Crippen LogP contribution < -0.4 is 5.32 Å². The van der Waals surface area contributed by atoms with E-state index in [4.69, 9.17) is 4.74 Å². The van der Waals surface area contributed by atoms with Gasteiger partial charge in [0.15, 0.2) is 0 Å². The zero-order chi connectivity index (χ0) is 14.7. The maximum atomic E-state index is 12.1. The second kappa shape index (κ2) is 6.24. The number of benzene rings is 1. The van der Waals surface area contributed by atoms with Crippen LogP contribution in [0.1, 0.15) is 16.8 Å². The number of fused-ring (bicyclic) bond motifs is 1. The Kier molecular flexibility index (Phi) is 4.17. The van der Waals surface area contributed by atoms with Gasteiger partial charge < -0.3 is 19.9 Å². The van der Waals surface area contributed by atoms with Crippen LogP contribution in [-0.4, -0.2) is 60.2 Å². The molecule has 1 aliphatic rings. The van der Waals surface area contributed by atoms with E-state index in [0.29, 0.717) is 12.1 Å². The van der Waals surface area contributed by atoms with Crippen molar-refractivity contribution in [2.24, 2.45) is 0 Å². The Morgan fingerprint density at radius 1 is 1.57 bits per heavy atom. The van der Waals surface area contributed by atoms with Crippen molar-refractivity contribution in [3.8, 4) is 0 Å². The number of carbonyl (C=O) groups is 1. The molecule has 0 saturated carbocycles. The normalized spacial score (nSPS) is 19.8. The number of aromatic nitrogens is 2. The van der Waals surface area contributed by atoms with E-state index >= 15 is 0 Å². The highest BCUT2D eigenvalue weighted by molar-refractivity contribution is 5.97. The minimum absolute atomic E-state index is 0.0596. The molecule has 1 aliphatic heterocycles. The van der Waals surface area contributed by atoms with E-state index in [-0.39, 0.29) is 12.0 Å². The molecule has 1 amide bonds. The lowest BCUT2D eigenvalue weighted by Gasteiger charge is -2.30. The summed E-state index contributed by atoms with van der Waals surface area (Å²) in [6.45, 7) is 3.30. The van der Waals surface area contributed by atoms with E-state index in [0.717, 1.165) is 37.2 Å². The van der Waals surface area contributed by atoms with Gasteiger partial charge in [-0.1, -0.05) is 0 Å². The van der Waals surface area contributed by atoms with Crippen LogP contribution >= 0.6 is 0 Å². The molecule has 0 bridgehead atoms. The summed E-state index contributed by atoms with van der Waals surface area (Å²) in [7, 11) is 2.09. The van der Waals surface area contributed by atoms with Crippen molar-refractivity contribution in [1.82, 2.24) is 20.2 Å². The minimum atomic E-state index is -0.0596. The average molecular weight is 288 g/mol. The Morgan fingerprint density at radius 2 is 2.48 bits per heavy atom. The van der Waals surface area contributed by atoms with Gasteiger partial charge in [-0.05, 0) is 31.7 Å². The number of nitrogens with one attached hydrogen (secondary N) is 2. The molecule has 1 unspecified atom stereocenters. The number of likely N-dealkylation sites (N-methyl/N-ethyl adjacent to an activating group) is 1. The molecule has 1 aromatic heterocycles. The first-order valence-corrected chi connectivity index (χ1v) is 7.24. The van der Waals surface area contributed by atoms with Crippen molar-refractivity contribution in [2.75, 3.05) is 33.3 Å². The van der Waals surface area contributed by atoms with E-state index in [1.165, 1.54) is 0 Å². The Morgan fingerprint density at radius 3 is 3.33 bits per heavy atom. The molecule has 0 radical (unpaired) electrons. The Balaban J connectivity index is 1.51. The molecule has 6 nitrogen and oxygen atoms in total. The van der Waals surface area contributed by atoms with Gasteiger partial charge in [0.05, 0.1) is 30.1 Å². The number of amides is 1. The van der Waals surface area contributed by atoms with Crippen LogP contribution in [0.5, 0.6) is 0 Å². The number of hydrogen-bond donors (Lipinski definition) is 2. The summed E-state index contributed by atoms with van der Waals surface area (Å²) in [6, 6.07) is 5.46. The monoisotopic (exact) mass is 288 g/mol. The number of hydrogen-bond acceptors (Lipinski definition) is 4. The molecular formula is C15H20N4O2. The van der Waals surface area contributed by atoms with Gasteiger partial charge in [-0.3, -0.25) is 4.79 Å². The van der Waals surface area contributed by atoms with Gasteiger partial charge in [0.25, 0.3) is 5.91 Å². The number of rotatable bonds is 4. The third kappa shape index (κ3) is 3.40. The van der Waals surface area contributed by atoms with Gasteiger partial charge in [0.1, 0.15) is 0 Å². The third-order valence-corrected chi connectivity index (χ3v) is 3.78. The van der Waals surface area contributed by atoms with Crippen molar-refractivity contribution in [3.63, 3.8) is 0 Å². The molecule has 21 heavy (non-hydrogen) atoms. The van der Waals surface area contributed by atoms with Gasteiger partial charge >= 0.3 is 0 Å². The fraction of sp³-hybridized carbons (Fsp3) is 0.467. The summed E-state index contributed by atoms with van der Waals surface area (Å²) in [5.41, 5.74) is 2.39. The molecular weight excluding hydrogens is 268 g/mol. The van der Waals surface area contributed by atoms with E-state index in [1.807, 2.05) is 12.1 Å². The largest absolute Gasteiger partial charge is 0.375 e. The fourth-order valence-electron chi connectivity index (χ4n) is 2.57. The average Bonchev–Trinajstić information content (AvgIpc) is 2.94. The van der Waals surface area contributed by atoms with Crippen molar-refractivity contribution in [2.45, 2.75) is 12.5 Å². The van der Waals surface area contributed by atoms with Crippen molar-refractivity contribution >= 4 is 16.9 Å². The van der Waals surface area contributed by atoms with E-state index in [9.17, 15) is 4.79 Å². The molecule has 1 fully saturated rings. The van der Waals surface area contributed by atoms with Crippen LogP contribution in [0.4, 0.5) is 0 Å². The predicted molar refractivity (Wildman–Crippen MR) is 80.3 cm³/mol. The van der Waals surface area contributed by atoms with E-state index in [1.54, 1.807) is 12.4 Å². The van der Waals surface area contributed by atoms with Gasteiger partial charge in [0.2, 0.25) is 0 Å². The minimum Gasteiger partial charge on any atom is -0.375 e.